The van der Waals surface area contributed by atoms with E-state index in [0.717, 1.165) is 63.0 Å². The number of hydrogen-bond donors (Lipinski definition) is 2. The fourth-order valence-corrected chi connectivity index (χ4v) is 4.88. The van der Waals surface area contributed by atoms with E-state index in [-0.39, 0.29) is 29.4 Å². The summed E-state index contributed by atoms with van der Waals surface area (Å²) < 4.78 is 7.99. The molecule has 1 aliphatic carbocycles. The van der Waals surface area contributed by atoms with E-state index in [9.17, 15) is 0 Å². The SMILES string of the molecule is CCN=C(NC1CCc2nc(CC)nn2C1)NC1C2CCOC2C1(C)C.I. The van der Waals surface area contributed by atoms with E-state index in [1.165, 1.54) is 0 Å². The molecule has 2 aliphatic heterocycles. The van der Waals surface area contributed by atoms with Crippen molar-refractivity contribution in [2.45, 2.75) is 78.1 Å². The van der Waals surface area contributed by atoms with Crippen LogP contribution in [0.2, 0.25) is 0 Å². The van der Waals surface area contributed by atoms with Crippen LogP contribution < -0.4 is 10.6 Å². The largest absolute Gasteiger partial charge is 0.377 e. The van der Waals surface area contributed by atoms with Gasteiger partial charge in [0.25, 0.3) is 0 Å². The van der Waals surface area contributed by atoms with Crippen molar-refractivity contribution in [3.63, 3.8) is 0 Å². The molecule has 152 valence electrons. The fourth-order valence-electron chi connectivity index (χ4n) is 4.88. The lowest BCUT2D eigenvalue weighted by Crippen LogP contribution is -2.68. The summed E-state index contributed by atoms with van der Waals surface area (Å²) in [5.74, 6) is 3.60. The maximum Gasteiger partial charge on any atom is 0.191 e. The number of guanidine groups is 1. The minimum Gasteiger partial charge on any atom is -0.377 e. The number of rotatable bonds is 4. The number of halogens is 1. The molecule has 0 spiro atoms. The highest BCUT2D eigenvalue weighted by Gasteiger charge is 2.59. The highest BCUT2D eigenvalue weighted by Crippen LogP contribution is 2.52. The lowest BCUT2D eigenvalue weighted by atomic mass is 9.57. The van der Waals surface area contributed by atoms with Crippen LogP contribution >= 0.6 is 24.0 Å². The predicted molar refractivity (Wildman–Crippen MR) is 117 cm³/mol. The summed E-state index contributed by atoms with van der Waals surface area (Å²) >= 11 is 0. The van der Waals surface area contributed by atoms with E-state index >= 15 is 0 Å². The van der Waals surface area contributed by atoms with Crippen LogP contribution in [-0.2, 0) is 24.1 Å². The number of hydrogen-bond acceptors (Lipinski definition) is 4. The molecule has 4 unspecified atom stereocenters. The second-order valence-corrected chi connectivity index (χ2v) is 8.37. The van der Waals surface area contributed by atoms with E-state index in [0.29, 0.717) is 24.1 Å². The predicted octanol–water partition coefficient (Wildman–Crippen LogP) is 2.14. The minimum absolute atomic E-state index is 0. The van der Waals surface area contributed by atoms with E-state index in [4.69, 9.17) is 9.73 Å². The van der Waals surface area contributed by atoms with Crippen molar-refractivity contribution < 1.29 is 4.74 Å². The van der Waals surface area contributed by atoms with Crippen molar-refractivity contribution in [2.24, 2.45) is 16.3 Å². The van der Waals surface area contributed by atoms with Gasteiger partial charge in [0.15, 0.2) is 11.8 Å². The first kappa shape index (κ1) is 20.8. The summed E-state index contributed by atoms with van der Waals surface area (Å²) in [6.45, 7) is 11.3. The molecular formula is C19H33IN6O. The zero-order valence-electron chi connectivity index (χ0n) is 16.9. The molecule has 27 heavy (non-hydrogen) atoms. The van der Waals surface area contributed by atoms with Gasteiger partial charge in [-0.15, -0.1) is 24.0 Å². The minimum atomic E-state index is 0. The molecule has 0 bridgehead atoms. The zero-order valence-corrected chi connectivity index (χ0v) is 19.2. The molecule has 3 heterocycles. The van der Waals surface area contributed by atoms with Crippen molar-refractivity contribution in [3.8, 4) is 0 Å². The van der Waals surface area contributed by atoms with Gasteiger partial charge in [-0.2, -0.15) is 5.10 Å². The molecule has 1 saturated heterocycles. The normalized spacial score (nSPS) is 31.3. The average Bonchev–Trinajstić information content (AvgIpc) is 3.24. The van der Waals surface area contributed by atoms with Crippen LogP contribution in [0.1, 0.15) is 52.2 Å². The summed E-state index contributed by atoms with van der Waals surface area (Å²) in [6, 6.07) is 0.760. The van der Waals surface area contributed by atoms with Gasteiger partial charge >= 0.3 is 0 Å². The van der Waals surface area contributed by atoms with Gasteiger partial charge in [-0.1, -0.05) is 20.8 Å². The van der Waals surface area contributed by atoms with Crippen LogP contribution in [0.15, 0.2) is 4.99 Å². The highest BCUT2D eigenvalue weighted by atomic mass is 127. The van der Waals surface area contributed by atoms with Crippen LogP contribution in [0.25, 0.3) is 0 Å². The topological polar surface area (TPSA) is 76.4 Å². The maximum absolute atomic E-state index is 5.92. The van der Waals surface area contributed by atoms with Crippen LogP contribution in [0.3, 0.4) is 0 Å². The Morgan fingerprint density at radius 2 is 2.11 bits per heavy atom. The molecule has 0 amide bonds. The first-order valence-electron chi connectivity index (χ1n) is 10.1. The van der Waals surface area contributed by atoms with Crippen LogP contribution in [-0.4, -0.2) is 52.1 Å². The Morgan fingerprint density at radius 1 is 1.30 bits per heavy atom. The van der Waals surface area contributed by atoms with Gasteiger partial charge in [0.05, 0.1) is 12.6 Å². The third-order valence-corrected chi connectivity index (χ3v) is 6.27. The lowest BCUT2D eigenvalue weighted by Gasteiger charge is -2.55. The standard InChI is InChI=1S/C19H32N6O.HI/c1-5-14-22-15-8-7-12(11-25(15)24-14)21-18(20-6-2)23-16-13-9-10-26-17(13)19(16,3)4;/h12-13,16-17H,5-11H2,1-4H3,(H2,20,21,23);1H. The van der Waals surface area contributed by atoms with Crippen molar-refractivity contribution >= 4 is 29.9 Å². The number of aromatic nitrogens is 3. The van der Waals surface area contributed by atoms with Gasteiger partial charge < -0.3 is 15.4 Å². The Kier molecular flexibility index (Phi) is 6.34. The Bertz CT molecular complexity index is 688. The van der Waals surface area contributed by atoms with Crippen LogP contribution in [0, 0.1) is 11.3 Å². The summed E-state index contributed by atoms with van der Waals surface area (Å²) in [6.07, 6.45) is 4.47. The lowest BCUT2D eigenvalue weighted by molar-refractivity contribution is -0.106. The smallest absolute Gasteiger partial charge is 0.191 e. The van der Waals surface area contributed by atoms with Crippen LogP contribution in [0.4, 0.5) is 0 Å². The summed E-state index contributed by atoms with van der Waals surface area (Å²) in [4.78, 5) is 9.32. The second kappa shape index (κ2) is 8.23. The summed E-state index contributed by atoms with van der Waals surface area (Å²) in [5.41, 5.74) is 0.152. The number of nitrogens with one attached hydrogen (secondary N) is 2. The molecule has 0 aromatic carbocycles. The number of aryl methyl sites for hydroxylation is 2. The molecule has 2 N–H and O–H groups in total. The van der Waals surface area contributed by atoms with Crippen molar-refractivity contribution in [2.75, 3.05) is 13.2 Å². The third-order valence-electron chi connectivity index (χ3n) is 6.27. The average molecular weight is 488 g/mol. The molecule has 7 nitrogen and oxygen atoms in total. The molecule has 1 aromatic heterocycles. The van der Waals surface area contributed by atoms with E-state index < -0.39 is 0 Å². The zero-order chi connectivity index (χ0) is 18.3. The molecule has 2 fully saturated rings. The van der Waals surface area contributed by atoms with E-state index in [1.807, 2.05) is 0 Å². The Balaban J connectivity index is 0.00000210. The molecule has 3 aliphatic rings. The fraction of sp³-hybridized carbons (Fsp3) is 0.842. The van der Waals surface area contributed by atoms with Gasteiger partial charge in [0.2, 0.25) is 0 Å². The number of ether oxygens (including phenoxy) is 1. The Labute approximate surface area is 179 Å². The van der Waals surface area contributed by atoms with E-state index in [1.54, 1.807) is 0 Å². The van der Waals surface area contributed by atoms with Crippen molar-refractivity contribution in [1.82, 2.24) is 25.4 Å². The molecule has 4 rings (SSSR count). The van der Waals surface area contributed by atoms with Gasteiger partial charge in [0.1, 0.15) is 5.82 Å². The highest BCUT2D eigenvalue weighted by molar-refractivity contribution is 14.0. The van der Waals surface area contributed by atoms with Crippen molar-refractivity contribution in [1.29, 1.82) is 0 Å². The quantitative estimate of drug-likeness (QED) is 0.386. The maximum atomic E-state index is 5.92. The third kappa shape index (κ3) is 3.83. The number of fused-ring (bicyclic) bond motifs is 2. The molecular weight excluding hydrogens is 455 g/mol. The second-order valence-electron chi connectivity index (χ2n) is 8.37. The van der Waals surface area contributed by atoms with Gasteiger partial charge in [-0.25, -0.2) is 9.67 Å². The summed E-state index contributed by atoms with van der Waals surface area (Å²) in [7, 11) is 0. The molecule has 1 aromatic rings. The monoisotopic (exact) mass is 488 g/mol. The number of aliphatic imine (C=N–C) groups is 1. The Morgan fingerprint density at radius 3 is 2.85 bits per heavy atom. The summed E-state index contributed by atoms with van der Waals surface area (Å²) in [5, 5.41) is 12.0. The van der Waals surface area contributed by atoms with Gasteiger partial charge in [0, 0.05) is 49.4 Å². The molecule has 8 heteroatoms. The van der Waals surface area contributed by atoms with E-state index in [2.05, 4.69) is 53.1 Å². The molecule has 0 radical (unpaired) electrons. The Hall–Kier alpha value is -0.900. The molecule has 1 saturated carbocycles. The van der Waals surface area contributed by atoms with Gasteiger partial charge in [-0.05, 0) is 19.8 Å². The van der Waals surface area contributed by atoms with Gasteiger partial charge in [-0.3, -0.25) is 4.99 Å². The first-order valence-corrected chi connectivity index (χ1v) is 10.1. The van der Waals surface area contributed by atoms with Crippen LogP contribution in [0.5, 0.6) is 0 Å². The number of nitrogens with zero attached hydrogens (tertiary/aromatic N) is 4. The first-order chi connectivity index (χ1) is 12.5. The van der Waals surface area contributed by atoms with Crippen molar-refractivity contribution in [3.05, 3.63) is 11.6 Å². The molecule has 4 atom stereocenters.